The minimum atomic E-state index is 0.272. The van der Waals surface area contributed by atoms with Gasteiger partial charge in [0.15, 0.2) is 5.78 Å². The van der Waals surface area contributed by atoms with Crippen molar-refractivity contribution in [2.75, 3.05) is 0 Å². The smallest absolute Gasteiger partial charge is 0.163 e. The summed E-state index contributed by atoms with van der Waals surface area (Å²) in [5, 5.41) is 0. The number of rotatable bonds is 8. The molecule has 1 aromatic rings. The Morgan fingerprint density at radius 1 is 1.00 bits per heavy atom. The molecular weight excluding hydrogens is 222 g/mol. The quantitative estimate of drug-likeness (QED) is 0.639. The Hall–Kier alpha value is -1.18. The van der Waals surface area contributed by atoms with E-state index in [0.29, 0.717) is 6.42 Å². The van der Waals surface area contributed by atoms with Crippen molar-refractivity contribution >= 4 is 5.78 Å². The van der Waals surface area contributed by atoms with E-state index in [1.165, 1.54) is 0 Å². The number of hydrogen-bond donors (Lipinski definition) is 0. The van der Waals surface area contributed by atoms with Crippen LogP contribution in [0.15, 0.2) is 12.1 Å². The number of unbranched alkanes of at least 4 members (excludes halogenated alkanes) is 1. The van der Waals surface area contributed by atoms with Crippen molar-refractivity contribution in [3.63, 3.8) is 0 Å². The number of nitrogens with zero attached hydrogens (tertiary/aromatic N) is 1. The van der Waals surface area contributed by atoms with Gasteiger partial charge in [-0.05, 0) is 31.4 Å². The van der Waals surface area contributed by atoms with Gasteiger partial charge in [-0.3, -0.25) is 9.78 Å². The molecule has 0 spiro atoms. The molecule has 18 heavy (non-hydrogen) atoms. The summed E-state index contributed by atoms with van der Waals surface area (Å²) in [6.07, 6.45) is 6.79. The molecule has 100 valence electrons. The molecule has 2 heteroatoms. The van der Waals surface area contributed by atoms with Crippen LogP contribution in [0, 0.1) is 0 Å². The van der Waals surface area contributed by atoms with Crippen LogP contribution in [0.3, 0.4) is 0 Å². The summed E-state index contributed by atoms with van der Waals surface area (Å²) >= 11 is 0. The van der Waals surface area contributed by atoms with Crippen LogP contribution in [0.1, 0.15) is 74.6 Å². The van der Waals surface area contributed by atoms with Crippen molar-refractivity contribution in [1.82, 2.24) is 4.98 Å². The predicted octanol–water partition coefficient (Wildman–Crippen LogP) is 4.36. The summed E-state index contributed by atoms with van der Waals surface area (Å²) in [6, 6.07) is 3.97. The lowest BCUT2D eigenvalue weighted by Crippen LogP contribution is -2.04. The molecule has 0 atom stereocenters. The number of Topliss-reactive ketones (excluding diaryl/α,β-unsaturated/α-hetero) is 1. The molecule has 0 aliphatic rings. The van der Waals surface area contributed by atoms with Crippen LogP contribution in [0.5, 0.6) is 0 Å². The second-order valence-corrected chi connectivity index (χ2v) is 4.87. The largest absolute Gasteiger partial charge is 0.294 e. The van der Waals surface area contributed by atoms with E-state index >= 15 is 0 Å². The van der Waals surface area contributed by atoms with Crippen molar-refractivity contribution in [1.29, 1.82) is 0 Å². The second-order valence-electron chi connectivity index (χ2n) is 4.87. The van der Waals surface area contributed by atoms with Crippen LogP contribution in [-0.4, -0.2) is 10.8 Å². The number of hydrogen-bond acceptors (Lipinski definition) is 2. The lowest BCUT2D eigenvalue weighted by atomic mass is 10.0. The Kier molecular flexibility index (Phi) is 6.63. The first-order valence-corrected chi connectivity index (χ1v) is 7.24. The molecule has 0 saturated carbocycles. The van der Waals surface area contributed by atoms with E-state index in [9.17, 15) is 4.79 Å². The van der Waals surface area contributed by atoms with Gasteiger partial charge in [-0.15, -0.1) is 0 Å². The first kappa shape index (κ1) is 14.9. The Morgan fingerprint density at radius 3 is 2.00 bits per heavy atom. The van der Waals surface area contributed by atoms with Gasteiger partial charge in [0.2, 0.25) is 0 Å². The summed E-state index contributed by atoms with van der Waals surface area (Å²) in [5.41, 5.74) is 3.01. The molecule has 1 aromatic heterocycles. The standard InChI is InChI=1S/C16H25NO/c1-4-7-10-16(18)13-11-14(8-5-2)17-15(12-13)9-6-3/h11-12H,4-10H2,1-3H3. The molecule has 0 N–H and O–H groups in total. The van der Waals surface area contributed by atoms with E-state index in [4.69, 9.17) is 0 Å². The topological polar surface area (TPSA) is 30.0 Å². The molecule has 0 saturated heterocycles. The third-order valence-electron chi connectivity index (χ3n) is 3.02. The molecule has 0 aromatic carbocycles. The molecule has 1 rings (SSSR count). The van der Waals surface area contributed by atoms with Gasteiger partial charge in [-0.25, -0.2) is 0 Å². The molecule has 0 radical (unpaired) electrons. The maximum atomic E-state index is 12.1. The average molecular weight is 247 g/mol. The summed E-state index contributed by atoms with van der Waals surface area (Å²) in [6.45, 7) is 6.41. The number of aromatic nitrogens is 1. The molecule has 0 unspecified atom stereocenters. The molecule has 0 amide bonds. The zero-order valence-electron chi connectivity index (χ0n) is 12.0. The van der Waals surface area contributed by atoms with E-state index in [2.05, 4.69) is 25.8 Å². The highest BCUT2D eigenvalue weighted by atomic mass is 16.1. The zero-order valence-corrected chi connectivity index (χ0v) is 12.0. The molecule has 1 heterocycles. The SMILES string of the molecule is CCCCC(=O)c1cc(CCC)nc(CCC)c1. The monoisotopic (exact) mass is 247 g/mol. The first-order chi connectivity index (χ1) is 8.71. The van der Waals surface area contributed by atoms with Gasteiger partial charge in [0, 0.05) is 23.4 Å². The number of aryl methyl sites for hydroxylation is 2. The number of carbonyl (C=O) groups excluding carboxylic acids is 1. The van der Waals surface area contributed by atoms with E-state index < -0.39 is 0 Å². The van der Waals surface area contributed by atoms with Crippen molar-refractivity contribution in [2.45, 2.75) is 65.7 Å². The van der Waals surface area contributed by atoms with Crippen LogP contribution in [0.4, 0.5) is 0 Å². The second kappa shape index (κ2) is 8.02. The number of ketones is 1. The minimum absolute atomic E-state index is 0.272. The van der Waals surface area contributed by atoms with Crippen molar-refractivity contribution in [3.05, 3.63) is 29.1 Å². The summed E-state index contributed by atoms with van der Waals surface area (Å²) in [5.74, 6) is 0.272. The van der Waals surface area contributed by atoms with Crippen LogP contribution >= 0.6 is 0 Å². The maximum Gasteiger partial charge on any atom is 0.163 e. The number of pyridine rings is 1. The van der Waals surface area contributed by atoms with Crippen LogP contribution in [0.2, 0.25) is 0 Å². The van der Waals surface area contributed by atoms with E-state index in [1.54, 1.807) is 0 Å². The van der Waals surface area contributed by atoms with Gasteiger partial charge < -0.3 is 0 Å². The fraction of sp³-hybridized carbons (Fsp3) is 0.625. The predicted molar refractivity (Wildman–Crippen MR) is 76.1 cm³/mol. The number of carbonyl (C=O) groups is 1. The van der Waals surface area contributed by atoms with Crippen LogP contribution in [-0.2, 0) is 12.8 Å². The van der Waals surface area contributed by atoms with Gasteiger partial charge in [0.25, 0.3) is 0 Å². The molecule has 0 fully saturated rings. The highest BCUT2D eigenvalue weighted by Gasteiger charge is 2.09. The van der Waals surface area contributed by atoms with Gasteiger partial charge >= 0.3 is 0 Å². The zero-order chi connectivity index (χ0) is 13.4. The van der Waals surface area contributed by atoms with E-state index in [1.807, 2.05) is 12.1 Å². The molecule has 0 aliphatic heterocycles. The molecule has 2 nitrogen and oxygen atoms in total. The lowest BCUT2D eigenvalue weighted by molar-refractivity contribution is 0.0979. The Balaban J connectivity index is 2.90. The molecule has 0 bridgehead atoms. The fourth-order valence-corrected chi connectivity index (χ4v) is 2.06. The van der Waals surface area contributed by atoms with E-state index in [0.717, 1.165) is 55.5 Å². The Bertz CT molecular complexity index is 360. The lowest BCUT2D eigenvalue weighted by Gasteiger charge is -2.07. The summed E-state index contributed by atoms with van der Waals surface area (Å²) in [7, 11) is 0. The van der Waals surface area contributed by atoms with Crippen molar-refractivity contribution < 1.29 is 4.79 Å². The third-order valence-corrected chi connectivity index (χ3v) is 3.02. The van der Waals surface area contributed by atoms with Gasteiger partial charge in [0.05, 0.1) is 0 Å². The highest BCUT2D eigenvalue weighted by molar-refractivity contribution is 5.96. The highest BCUT2D eigenvalue weighted by Crippen LogP contribution is 2.13. The minimum Gasteiger partial charge on any atom is -0.294 e. The fourth-order valence-electron chi connectivity index (χ4n) is 2.06. The Labute approximate surface area is 111 Å². The van der Waals surface area contributed by atoms with Crippen LogP contribution < -0.4 is 0 Å². The summed E-state index contributed by atoms with van der Waals surface area (Å²) < 4.78 is 0. The third kappa shape index (κ3) is 4.59. The molecule has 0 aliphatic carbocycles. The van der Waals surface area contributed by atoms with Crippen molar-refractivity contribution in [2.24, 2.45) is 0 Å². The first-order valence-electron chi connectivity index (χ1n) is 7.24. The Morgan fingerprint density at radius 2 is 1.56 bits per heavy atom. The van der Waals surface area contributed by atoms with Crippen molar-refractivity contribution in [3.8, 4) is 0 Å². The van der Waals surface area contributed by atoms with Gasteiger partial charge in [0.1, 0.15) is 0 Å². The average Bonchev–Trinajstić information content (AvgIpc) is 2.36. The maximum absolute atomic E-state index is 12.1. The normalized spacial score (nSPS) is 10.6. The van der Waals surface area contributed by atoms with Gasteiger partial charge in [-0.2, -0.15) is 0 Å². The summed E-state index contributed by atoms with van der Waals surface area (Å²) in [4.78, 5) is 16.7. The van der Waals surface area contributed by atoms with E-state index in [-0.39, 0.29) is 5.78 Å². The van der Waals surface area contributed by atoms with Gasteiger partial charge in [-0.1, -0.05) is 40.0 Å². The molecular formula is C16H25NO. The van der Waals surface area contributed by atoms with Crippen LogP contribution in [0.25, 0.3) is 0 Å².